The van der Waals surface area contributed by atoms with E-state index in [0.717, 1.165) is 29.8 Å². The van der Waals surface area contributed by atoms with Gasteiger partial charge in [-0.1, -0.05) is 18.6 Å². The minimum Gasteiger partial charge on any atom is -0.330 e. The third-order valence-corrected chi connectivity index (χ3v) is 6.35. The molecule has 1 N–H and O–H groups in total. The summed E-state index contributed by atoms with van der Waals surface area (Å²) in [6.07, 6.45) is 6.14. The van der Waals surface area contributed by atoms with E-state index in [4.69, 9.17) is 0 Å². The number of anilines is 1. The number of amides is 1. The number of imidazole rings is 1. The number of carbonyl (C=O) groups excluding carboxylic acids is 1. The van der Waals surface area contributed by atoms with Gasteiger partial charge in [-0.15, -0.1) is 0 Å². The number of carbonyl (C=O) groups is 1. The van der Waals surface area contributed by atoms with Crippen LogP contribution in [-0.4, -0.2) is 32.9 Å². The summed E-state index contributed by atoms with van der Waals surface area (Å²) in [4.78, 5) is 19.6. The highest BCUT2D eigenvalue weighted by molar-refractivity contribution is 5.90. The molecule has 5 nitrogen and oxygen atoms in total. The van der Waals surface area contributed by atoms with Crippen LogP contribution >= 0.6 is 0 Å². The van der Waals surface area contributed by atoms with Crippen LogP contribution in [-0.2, 0) is 17.9 Å². The van der Waals surface area contributed by atoms with Crippen molar-refractivity contribution in [1.29, 1.82) is 0 Å². The molecule has 0 unspecified atom stereocenters. The Balaban J connectivity index is 1.36. The Kier molecular flexibility index (Phi) is 6.18. The van der Waals surface area contributed by atoms with Gasteiger partial charge < -0.3 is 9.88 Å². The number of benzene rings is 2. The summed E-state index contributed by atoms with van der Waals surface area (Å²) in [5.41, 5.74) is 6.69. The molecule has 5 heteroatoms. The highest BCUT2D eigenvalue weighted by Gasteiger charge is 2.18. The number of hydrogen-bond donors (Lipinski definition) is 1. The lowest BCUT2D eigenvalue weighted by molar-refractivity contribution is -0.116. The summed E-state index contributed by atoms with van der Waals surface area (Å²) >= 11 is 0. The van der Waals surface area contributed by atoms with Gasteiger partial charge in [-0.25, -0.2) is 4.98 Å². The van der Waals surface area contributed by atoms with Crippen molar-refractivity contribution in [2.24, 2.45) is 0 Å². The van der Waals surface area contributed by atoms with E-state index < -0.39 is 0 Å². The fourth-order valence-corrected chi connectivity index (χ4v) is 4.31. The molecule has 0 spiro atoms. The number of aromatic nitrogens is 2. The molecule has 0 saturated carbocycles. The maximum absolute atomic E-state index is 12.6. The maximum atomic E-state index is 12.6. The molecule has 0 aliphatic carbocycles. The lowest BCUT2D eigenvalue weighted by Gasteiger charge is -2.33. The highest BCUT2D eigenvalue weighted by Crippen LogP contribution is 2.21. The van der Waals surface area contributed by atoms with Crippen molar-refractivity contribution >= 4 is 22.6 Å². The zero-order valence-corrected chi connectivity index (χ0v) is 18.3. The molecule has 1 aromatic heterocycles. The van der Waals surface area contributed by atoms with E-state index in [1.165, 1.54) is 36.0 Å². The zero-order chi connectivity index (χ0) is 21.1. The van der Waals surface area contributed by atoms with Crippen molar-refractivity contribution in [3.63, 3.8) is 0 Å². The van der Waals surface area contributed by atoms with Gasteiger partial charge >= 0.3 is 0 Å². The van der Waals surface area contributed by atoms with Crippen molar-refractivity contribution in [2.45, 2.75) is 65.6 Å². The third-order valence-electron chi connectivity index (χ3n) is 6.35. The summed E-state index contributed by atoms with van der Waals surface area (Å²) in [6, 6.07) is 13.2. The number of hydrogen-bond acceptors (Lipinski definition) is 3. The Labute approximate surface area is 179 Å². The molecule has 30 heavy (non-hydrogen) atoms. The van der Waals surface area contributed by atoms with E-state index in [1.54, 1.807) is 0 Å². The number of nitrogens with zero attached hydrogens (tertiary/aromatic N) is 3. The molecule has 1 saturated heterocycles. The molecule has 2 heterocycles. The van der Waals surface area contributed by atoms with Crippen LogP contribution in [0.3, 0.4) is 0 Å². The number of likely N-dealkylation sites (tertiary alicyclic amines) is 1. The van der Waals surface area contributed by atoms with Gasteiger partial charge in [-0.3, -0.25) is 9.69 Å². The average molecular weight is 405 g/mol. The predicted molar refractivity (Wildman–Crippen MR) is 123 cm³/mol. The van der Waals surface area contributed by atoms with E-state index >= 15 is 0 Å². The maximum Gasteiger partial charge on any atom is 0.226 e. The van der Waals surface area contributed by atoms with Crippen molar-refractivity contribution < 1.29 is 4.79 Å². The monoisotopic (exact) mass is 404 g/mol. The molecule has 3 aromatic rings. The minimum atomic E-state index is 0.0316. The number of rotatable bonds is 6. The smallest absolute Gasteiger partial charge is 0.226 e. The van der Waals surface area contributed by atoms with Gasteiger partial charge in [0.05, 0.1) is 17.4 Å². The molecular formula is C25H32N4O. The van der Waals surface area contributed by atoms with Crippen LogP contribution in [0.1, 0.15) is 49.3 Å². The van der Waals surface area contributed by atoms with Gasteiger partial charge in [0.15, 0.2) is 0 Å². The van der Waals surface area contributed by atoms with E-state index in [1.807, 2.05) is 18.5 Å². The molecule has 4 rings (SSSR count). The lowest BCUT2D eigenvalue weighted by Crippen LogP contribution is -2.36. The Hall–Kier alpha value is -2.66. The molecule has 1 amide bonds. The van der Waals surface area contributed by atoms with Crippen LogP contribution < -0.4 is 5.32 Å². The van der Waals surface area contributed by atoms with Crippen molar-refractivity contribution in [3.8, 4) is 0 Å². The van der Waals surface area contributed by atoms with Gasteiger partial charge in [0.2, 0.25) is 5.91 Å². The van der Waals surface area contributed by atoms with Crippen molar-refractivity contribution in [3.05, 3.63) is 59.4 Å². The Morgan fingerprint density at radius 2 is 2.00 bits per heavy atom. The average Bonchev–Trinajstić information content (AvgIpc) is 3.10. The fraction of sp³-hybridized carbons (Fsp3) is 0.440. The zero-order valence-electron chi connectivity index (χ0n) is 18.3. The first-order chi connectivity index (χ1) is 14.5. The molecule has 1 aliphatic rings. The quantitative estimate of drug-likeness (QED) is 0.625. The van der Waals surface area contributed by atoms with E-state index in [-0.39, 0.29) is 5.91 Å². The summed E-state index contributed by atoms with van der Waals surface area (Å²) in [5.74, 6) is 0.0316. The summed E-state index contributed by atoms with van der Waals surface area (Å²) in [6.45, 7) is 9.25. The number of nitrogens with one attached hydrogen (secondary N) is 1. The van der Waals surface area contributed by atoms with Gasteiger partial charge in [0, 0.05) is 31.2 Å². The fourth-order valence-electron chi connectivity index (χ4n) is 4.31. The first kappa shape index (κ1) is 20.6. The second-order valence-corrected chi connectivity index (χ2v) is 8.68. The molecule has 1 atom stereocenters. The van der Waals surface area contributed by atoms with Crippen LogP contribution in [0.2, 0.25) is 0 Å². The molecule has 0 radical (unpaired) electrons. The van der Waals surface area contributed by atoms with E-state index in [2.05, 4.69) is 64.8 Å². The van der Waals surface area contributed by atoms with Crippen LogP contribution in [0.4, 0.5) is 5.69 Å². The van der Waals surface area contributed by atoms with Crippen LogP contribution in [0.5, 0.6) is 0 Å². The number of piperidine rings is 1. The Bertz CT molecular complexity index is 1040. The second kappa shape index (κ2) is 9.00. The van der Waals surface area contributed by atoms with Crippen LogP contribution in [0.15, 0.2) is 42.7 Å². The first-order valence-corrected chi connectivity index (χ1v) is 11.0. The SMILES string of the molecule is Cc1cc2ncn(CCC(=O)Nc3cccc(CN4CCCC[C@H]4C)c3)c2cc1C. The standard InChI is InChI=1S/C25H32N4O/c1-18-13-23-24(14-19(18)2)29(17-26-23)12-10-25(30)27-22-9-6-8-21(15-22)16-28-11-5-4-7-20(28)3/h6,8-9,13-15,17,20H,4-5,7,10-12,16H2,1-3H3,(H,27,30)/t20-/m1/s1. The van der Waals surface area contributed by atoms with Gasteiger partial charge in [-0.2, -0.15) is 0 Å². The molecule has 158 valence electrons. The van der Waals surface area contributed by atoms with Gasteiger partial charge in [0.1, 0.15) is 0 Å². The highest BCUT2D eigenvalue weighted by atomic mass is 16.1. The first-order valence-electron chi connectivity index (χ1n) is 11.0. The van der Waals surface area contributed by atoms with E-state index in [0.29, 0.717) is 19.0 Å². The second-order valence-electron chi connectivity index (χ2n) is 8.68. The topological polar surface area (TPSA) is 50.2 Å². The van der Waals surface area contributed by atoms with Crippen LogP contribution in [0.25, 0.3) is 11.0 Å². The van der Waals surface area contributed by atoms with Crippen molar-refractivity contribution in [1.82, 2.24) is 14.5 Å². The molecular weight excluding hydrogens is 372 g/mol. The Morgan fingerprint density at radius 3 is 2.83 bits per heavy atom. The van der Waals surface area contributed by atoms with Gasteiger partial charge in [0.25, 0.3) is 0 Å². The van der Waals surface area contributed by atoms with Gasteiger partial charge in [-0.05, 0) is 81.1 Å². The molecule has 0 bridgehead atoms. The van der Waals surface area contributed by atoms with Crippen LogP contribution in [0, 0.1) is 13.8 Å². The summed E-state index contributed by atoms with van der Waals surface area (Å²) < 4.78 is 2.07. The molecule has 2 aromatic carbocycles. The summed E-state index contributed by atoms with van der Waals surface area (Å²) in [5, 5.41) is 3.07. The summed E-state index contributed by atoms with van der Waals surface area (Å²) in [7, 11) is 0. The number of aryl methyl sites for hydroxylation is 3. The molecule has 1 fully saturated rings. The van der Waals surface area contributed by atoms with Crippen molar-refractivity contribution in [2.75, 3.05) is 11.9 Å². The minimum absolute atomic E-state index is 0.0316. The normalized spacial score (nSPS) is 17.4. The Morgan fingerprint density at radius 1 is 1.17 bits per heavy atom. The molecule has 1 aliphatic heterocycles. The van der Waals surface area contributed by atoms with E-state index in [9.17, 15) is 4.79 Å². The predicted octanol–water partition coefficient (Wildman–Crippen LogP) is 5.06. The lowest BCUT2D eigenvalue weighted by atomic mass is 10.0. The number of fused-ring (bicyclic) bond motifs is 1. The third kappa shape index (κ3) is 4.73. The largest absolute Gasteiger partial charge is 0.330 e.